The number of hydrogen-bond donors (Lipinski definition) is 1. The highest BCUT2D eigenvalue weighted by molar-refractivity contribution is 9.10. The van der Waals surface area contributed by atoms with Gasteiger partial charge in [0.2, 0.25) is 0 Å². The van der Waals surface area contributed by atoms with Crippen LogP contribution >= 0.6 is 15.9 Å². The smallest absolute Gasteiger partial charge is 0.325 e. The largest absolute Gasteiger partial charge is 0.326 e. The van der Waals surface area contributed by atoms with Crippen LogP contribution in [0.2, 0.25) is 0 Å². The van der Waals surface area contributed by atoms with Gasteiger partial charge in [-0.05, 0) is 36.5 Å². The van der Waals surface area contributed by atoms with Gasteiger partial charge in [-0.1, -0.05) is 47.3 Å². The van der Waals surface area contributed by atoms with E-state index in [0.29, 0.717) is 12.5 Å². The number of urea groups is 1. The fourth-order valence-corrected chi connectivity index (χ4v) is 3.51. The molecule has 2 fully saturated rings. The maximum atomic E-state index is 12.5. The number of nitrogens with one attached hydrogen (secondary N) is 1. The molecule has 1 atom stereocenters. The van der Waals surface area contributed by atoms with Crippen LogP contribution < -0.4 is 5.32 Å². The molecule has 0 unspecified atom stereocenters. The van der Waals surface area contributed by atoms with Crippen LogP contribution in [0.5, 0.6) is 0 Å². The van der Waals surface area contributed by atoms with Crippen LogP contribution in [-0.2, 0) is 11.3 Å². The summed E-state index contributed by atoms with van der Waals surface area (Å²) in [6.45, 7) is 0.348. The average Bonchev–Trinajstić information content (AvgIpc) is 2.78. The lowest BCUT2D eigenvalue weighted by molar-refractivity contribution is -0.129. The second kappa shape index (κ2) is 6.18. The first kappa shape index (κ1) is 14.6. The summed E-state index contributed by atoms with van der Waals surface area (Å²) >= 11 is 3.38. The van der Waals surface area contributed by atoms with Crippen molar-refractivity contribution in [1.82, 2.24) is 10.2 Å². The van der Waals surface area contributed by atoms with Crippen LogP contribution in [0.1, 0.15) is 37.7 Å². The van der Waals surface area contributed by atoms with E-state index >= 15 is 0 Å². The minimum atomic E-state index is -0.312. The first-order valence-corrected chi connectivity index (χ1v) is 8.31. The fourth-order valence-electron chi connectivity index (χ4n) is 3.25. The van der Waals surface area contributed by atoms with Gasteiger partial charge >= 0.3 is 6.03 Å². The Kier molecular flexibility index (Phi) is 4.29. The van der Waals surface area contributed by atoms with E-state index in [1.807, 2.05) is 24.3 Å². The van der Waals surface area contributed by atoms with E-state index in [2.05, 4.69) is 21.2 Å². The highest BCUT2D eigenvalue weighted by Crippen LogP contribution is 2.29. The highest BCUT2D eigenvalue weighted by atomic mass is 79.9. The lowest BCUT2D eigenvalue weighted by Gasteiger charge is -2.25. The molecule has 21 heavy (non-hydrogen) atoms. The lowest BCUT2D eigenvalue weighted by atomic mass is 9.84. The molecule has 0 radical (unpaired) electrons. The molecule has 1 aliphatic carbocycles. The minimum Gasteiger partial charge on any atom is -0.326 e. The van der Waals surface area contributed by atoms with Crippen molar-refractivity contribution in [3.05, 3.63) is 34.3 Å². The van der Waals surface area contributed by atoms with E-state index in [1.165, 1.54) is 11.3 Å². The second-order valence-corrected chi connectivity index (χ2v) is 6.79. The number of carbonyl (C=O) groups excluding carboxylic acids is 2. The Morgan fingerprint density at radius 1 is 1.10 bits per heavy atom. The number of imide groups is 1. The number of halogens is 1. The first-order chi connectivity index (χ1) is 10.1. The molecule has 0 spiro atoms. The minimum absolute atomic E-state index is 0.0604. The maximum Gasteiger partial charge on any atom is 0.325 e. The number of hydrogen-bond acceptors (Lipinski definition) is 2. The van der Waals surface area contributed by atoms with Crippen molar-refractivity contribution >= 4 is 27.9 Å². The molecule has 0 bridgehead atoms. The van der Waals surface area contributed by atoms with E-state index in [-0.39, 0.29) is 18.0 Å². The van der Waals surface area contributed by atoms with Crippen molar-refractivity contribution in [1.29, 1.82) is 0 Å². The molecule has 112 valence electrons. The number of nitrogens with zero attached hydrogens (tertiary/aromatic N) is 1. The van der Waals surface area contributed by atoms with Gasteiger partial charge in [-0.3, -0.25) is 9.69 Å². The Bertz CT molecular complexity index is 538. The summed E-state index contributed by atoms with van der Waals surface area (Å²) < 4.78 is 0.989. The zero-order valence-electron chi connectivity index (χ0n) is 11.8. The van der Waals surface area contributed by atoms with Gasteiger partial charge in [0, 0.05) is 4.47 Å². The normalized spacial score (nSPS) is 23.5. The molecule has 1 aliphatic heterocycles. The first-order valence-electron chi connectivity index (χ1n) is 7.51. The lowest BCUT2D eigenvalue weighted by Crippen LogP contribution is -2.38. The van der Waals surface area contributed by atoms with E-state index in [4.69, 9.17) is 0 Å². The van der Waals surface area contributed by atoms with E-state index in [1.54, 1.807) is 0 Å². The summed E-state index contributed by atoms with van der Waals surface area (Å²) in [4.78, 5) is 26.0. The molecule has 1 aromatic carbocycles. The van der Waals surface area contributed by atoms with E-state index in [9.17, 15) is 9.59 Å². The summed E-state index contributed by atoms with van der Waals surface area (Å²) in [6.07, 6.45) is 5.66. The topological polar surface area (TPSA) is 49.4 Å². The van der Waals surface area contributed by atoms with Crippen LogP contribution in [0.15, 0.2) is 28.7 Å². The van der Waals surface area contributed by atoms with Crippen LogP contribution in [0, 0.1) is 5.92 Å². The van der Waals surface area contributed by atoms with Crippen molar-refractivity contribution in [2.75, 3.05) is 0 Å². The number of amides is 3. The van der Waals surface area contributed by atoms with Gasteiger partial charge < -0.3 is 5.32 Å². The maximum absolute atomic E-state index is 12.5. The predicted octanol–water partition coefficient (Wildman–Crippen LogP) is 3.45. The van der Waals surface area contributed by atoms with Gasteiger partial charge in [0.05, 0.1) is 6.54 Å². The summed E-state index contributed by atoms with van der Waals surface area (Å²) in [7, 11) is 0. The third-order valence-electron chi connectivity index (χ3n) is 4.43. The van der Waals surface area contributed by atoms with Crippen LogP contribution in [0.25, 0.3) is 0 Å². The monoisotopic (exact) mass is 350 g/mol. The SMILES string of the molecule is O=C1N[C@@H](C2CCCCC2)C(=O)N1Cc1ccc(Br)cc1. The molecule has 5 heteroatoms. The molecule has 4 nitrogen and oxygen atoms in total. The third kappa shape index (κ3) is 3.12. The molecule has 0 aromatic heterocycles. The Morgan fingerprint density at radius 2 is 1.76 bits per heavy atom. The quantitative estimate of drug-likeness (QED) is 0.848. The van der Waals surface area contributed by atoms with Crippen molar-refractivity contribution in [3.8, 4) is 0 Å². The van der Waals surface area contributed by atoms with Crippen molar-refractivity contribution in [3.63, 3.8) is 0 Å². The predicted molar refractivity (Wildman–Crippen MR) is 83.6 cm³/mol. The van der Waals surface area contributed by atoms with Gasteiger partial charge in [-0.25, -0.2) is 4.79 Å². The molecule has 1 aromatic rings. The zero-order valence-corrected chi connectivity index (χ0v) is 13.4. The summed E-state index contributed by atoms with van der Waals surface area (Å²) in [5.41, 5.74) is 0.964. The molecule has 1 saturated heterocycles. The molecule has 1 heterocycles. The standard InChI is InChI=1S/C16H19BrN2O2/c17-13-8-6-11(7-9-13)10-19-15(20)14(18-16(19)21)12-4-2-1-3-5-12/h6-9,12,14H,1-5,10H2,(H,18,21)/t14-/m0/s1. The van der Waals surface area contributed by atoms with E-state index in [0.717, 1.165) is 35.7 Å². The van der Waals surface area contributed by atoms with Gasteiger partial charge in [0.1, 0.15) is 6.04 Å². The van der Waals surface area contributed by atoms with Gasteiger partial charge in [0.15, 0.2) is 0 Å². The van der Waals surface area contributed by atoms with Crippen molar-refractivity contribution in [2.45, 2.75) is 44.7 Å². The Balaban J connectivity index is 1.69. The average molecular weight is 351 g/mol. The van der Waals surface area contributed by atoms with Crippen LogP contribution in [0.3, 0.4) is 0 Å². The summed E-state index contributed by atoms with van der Waals surface area (Å²) in [5, 5.41) is 2.88. The number of carbonyl (C=O) groups is 2. The number of benzene rings is 1. The van der Waals surface area contributed by atoms with Crippen LogP contribution in [-0.4, -0.2) is 22.9 Å². The van der Waals surface area contributed by atoms with Crippen molar-refractivity contribution in [2.24, 2.45) is 5.92 Å². The van der Waals surface area contributed by atoms with Gasteiger partial charge in [0.25, 0.3) is 5.91 Å². The Hall–Kier alpha value is -1.36. The summed E-state index contributed by atoms with van der Waals surface area (Å²) in [6, 6.07) is 7.14. The molecular formula is C16H19BrN2O2. The second-order valence-electron chi connectivity index (χ2n) is 5.88. The molecular weight excluding hydrogens is 332 g/mol. The van der Waals surface area contributed by atoms with E-state index < -0.39 is 0 Å². The zero-order chi connectivity index (χ0) is 14.8. The summed E-state index contributed by atoms with van der Waals surface area (Å²) in [5.74, 6) is 0.250. The van der Waals surface area contributed by atoms with Gasteiger partial charge in [-0.15, -0.1) is 0 Å². The molecule has 3 amide bonds. The van der Waals surface area contributed by atoms with Crippen molar-refractivity contribution < 1.29 is 9.59 Å². The molecule has 1 saturated carbocycles. The van der Waals surface area contributed by atoms with Gasteiger partial charge in [-0.2, -0.15) is 0 Å². The van der Waals surface area contributed by atoms with Crippen LogP contribution in [0.4, 0.5) is 4.79 Å². The molecule has 3 rings (SSSR count). The highest BCUT2D eigenvalue weighted by Gasteiger charge is 2.42. The number of rotatable bonds is 3. The fraction of sp³-hybridized carbons (Fsp3) is 0.500. The Morgan fingerprint density at radius 3 is 2.43 bits per heavy atom. The Labute approximate surface area is 133 Å². The molecule has 1 N–H and O–H groups in total. The third-order valence-corrected chi connectivity index (χ3v) is 4.96. The molecule has 2 aliphatic rings.